The molecule has 0 fully saturated rings. The van der Waals surface area contributed by atoms with Gasteiger partial charge in [0.1, 0.15) is 5.75 Å². The number of phenols is 2. The Balaban J connectivity index is 2.36. The van der Waals surface area contributed by atoms with Gasteiger partial charge in [-0.3, -0.25) is 4.79 Å². The SMILES string of the molecule is CCOc1cc(CC(C(=O)O)c2cccc(O)c2)cc(Cl)c1O. The molecule has 2 aromatic carbocycles. The fraction of sp³-hybridized carbons (Fsp3) is 0.235. The molecule has 0 saturated heterocycles. The van der Waals surface area contributed by atoms with Gasteiger partial charge in [-0.2, -0.15) is 0 Å². The number of benzene rings is 2. The smallest absolute Gasteiger partial charge is 0.311 e. The lowest BCUT2D eigenvalue weighted by Crippen LogP contribution is -2.14. The summed E-state index contributed by atoms with van der Waals surface area (Å²) in [5.74, 6) is -1.81. The molecule has 0 bridgehead atoms. The molecule has 1 unspecified atom stereocenters. The second-order valence-electron chi connectivity index (χ2n) is 5.05. The third-order valence-corrected chi connectivity index (χ3v) is 3.69. The van der Waals surface area contributed by atoms with E-state index >= 15 is 0 Å². The maximum absolute atomic E-state index is 11.6. The first-order chi connectivity index (χ1) is 10.9. The Morgan fingerprint density at radius 3 is 2.61 bits per heavy atom. The van der Waals surface area contributed by atoms with Gasteiger partial charge in [0.15, 0.2) is 11.5 Å². The Morgan fingerprint density at radius 1 is 1.26 bits per heavy atom. The number of carboxylic acids is 1. The van der Waals surface area contributed by atoms with Gasteiger partial charge >= 0.3 is 5.97 Å². The zero-order valence-corrected chi connectivity index (χ0v) is 13.2. The Hall–Kier alpha value is -2.40. The van der Waals surface area contributed by atoms with E-state index in [0.29, 0.717) is 17.7 Å². The molecule has 122 valence electrons. The van der Waals surface area contributed by atoms with Gasteiger partial charge in [-0.15, -0.1) is 0 Å². The van der Waals surface area contributed by atoms with Gasteiger partial charge in [-0.05, 0) is 48.7 Å². The van der Waals surface area contributed by atoms with Crippen molar-refractivity contribution in [2.24, 2.45) is 0 Å². The van der Waals surface area contributed by atoms with E-state index in [-0.39, 0.29) is 28.7 Å². The van der Waals surface area contributed by atoms with Crippen LogP contribution in [0.1, 0.15) is 24.0 Å². The fourth-order valence-corrected chi connectivity index (χ4v) is 2.57. The largest absolute Gasteiger partial charge is 0.508 e. The molecule has 1 atom stereocenters. The average Bonchev–Trinajstić information content (AvgIpc) is 2.49. The summed E-state index contributed by atoms with van der Waals surface area (Å²) in [6.45, 7) is 2.12. The van der Waals surface area contributed by atoms with Crippen molar-refractivity contribution in [2.45, 2.75) is 19.3 Å². The maximum atomic E-state index is 11.6. The summed E-state index contributed by atoms with van der Waals surface area (Å²) in [6.07, 6.45) is 0.152. The topological polar surface area (TPSA) is 87.0 Å². The van der Waals surface area contributed by atoms with Crippen LogP contribution in [0.4, 0.5) is 0 Å². The van der Waals surface area contributed by atoms with Gasteiger partial charge in [-0.25, -0.2) is 0 Å². The molecule has 2 rings (SSSR count). The Morgan fingerprint density at radius 2 is 2.00 bits per heavy atom. The van der Waals surface area contributed by atoms with Crippen LogP contribution in [-0.2, 0) is 11.2 Å². The van der Waals surface area contributed by atoms with Crippen LogP contribution in [0, 0.1) is 0 Å². The summed E-state index contributed by atoms with van der Waals surface area (Å²) in [6, 6.07) is 9.22. The van der Waals surface area contributed by atoms with Crippen LogP contribution in [0.15, 0.2) is 36.4 Å². The first kappa shape index (κ1) is 17.0. The van der Waals surface area contributed by atoms with Crippen LogP contribution >= 0.6 is 11.6 Å². The lowest BCUT2D eigenvalue weighted by atomic mass is 9.92. The van der Waals surface area contributed by atoms with Crippen molar-refractivity contribution in [1.29, 1.82) is 0 Å². The van der Waals surface area contributed by atoms with Gasteiger partial charge in [0.25, 0.3) is 0 Å². The number of halogens is 1. The maximum Gasteiger partial charge on any atom is 0.311 e. The molecule has 23 heavy (non-hydrogen) atoms. The number of aromatic hydroxyl groups is 2. The lowest BCUT2D eigenvalue weighted by molar-refractivity contribution is -0.138. The van der Waals surface area contributed by atoms with Gasteiger partial charge in [0.05, 0.1) is 17.5 Å². The van der Waals surface area contributed by atoms with Crippen molar-refractivity contribution in [3.05, 3.63) is 52.5 Å². The average molecular weight is 337 g/mol. The molecule has 3 N–H and O–H groups in total. The zero-order chi connectivity index (χ0) is 17.0. The number of aliphatic carboxylic acids is 1. The predicted octanol–water partition coefficient (Wildman–Crippen LogP) is 3.56. The van der Waals surface area contributed by atoms with Crippen molar-refractivity contribution in [1.82, 2.24) is 0 Å². The van der Waals surface area contributed by atoms with Crippen molar-refractivity contribution >= 4 is 17.6 Å². The Kier molecular flexibility index (Phi) is 5.34. The number of ether oxygens (including phenoxy) is 1. The molecular formula is C17H17ClO5. The molecule has 0 spiro atoms. The standard InChI is InChI=1S/C17H17ClO5/c1-2-23-15-8-10(7-14(18)16(15)20)6-13(17(21)22)11-4-3-5-12(19)9-11/h3-5,7-9,13,19-20H,2,6H2,1H3,(H,21,22). The molecule has 2 aromatic rings. The molecule has 0 aliphatic rings. The molecule has 0 amide bonds. The number of carbonyl (C=O) groups is 1. The molecule has 6 heteroatoms. The zero-order valence-electron chi connectivity index (χ0n) is 12.5. The molecule has 0 aromatic heterocycles. The van der Waals surface area contributed by atoms with E-state index in [1.54, 1.807) is 25.1 Å². The van der Waals surface area contributed by atoms with Crippen LogP contribution in [0.3, 0.4) is 0 Å². The highest BCUT2D eigenvalue weighted by atomic mass is 35.5. The third kappa shape index (κ3) is 4.07. The van der Waals surface area contributed by atoms with E-state index in [1.807, 2.05) is 0 Å². The predicted molar refractivity (Wildman–Crippen MR) is 86.5 cm³/mol. The van der Waals surface area contributed by atoms with E-state index in [4.69, 9.17) is 16.3 Å². The van der Waals surface area contributed by atoms with Crippen molar-refractivity contribution in [3.63, 3.8) is 0 Å². The van der Waals surface area contributed by atoms with E-state index in [9.17, 15) is 20.1 Å². The highest BCUT2D eigenvalue weighted by Gasteiger charge is 2.22. The number of hydrogen-bond donors (Lipinski definition) is 3. The monoisotopic (exact) mass is 336 g/mol. The summed E-state index contributed by atoms with van der Waals surface area (Å²) >= 11 is 5.97. The molecule has 5 nitrogen and oxygen atoms in total. The number of phenolic OH excluding ortho intramolecular Hbond substituents is 2. The third-order valence-electron chi connectivity index (χ3n) is 3.40. The van der Waals surface area contributed by atoms with Gasteiger partial charge in [0.2, 0.25) is 0 Å². The summed E-state index contributed by atoms with van der Waals surface area (Å²) in [5.41, 5.74) is 1.10. The van der Waals surface area contributed by atoms with E-state index in [1.165, 1.54) is 18.2 Å². The minimum Gasteiger partial charge on any atom is -0.508 e. The minimum absolute atomic E-state index is 0.00694. The fourth-order valence-electron chi connectivity index (χ4n) is 2.34. The molecule has 0 saturated carbocycles. The first-order valence-electron chi connectivity index (χ1n) is 7.08. The number of hydrogen-bond acceptors (Lipinski definition) is 4. The van der Waals surface area contributed by atoms with E-state index in [0.717, 1.165) is 0 Å². The van der Waals surface area contributed by atoms with Crippen molar-refractivity contribution < 1.29 is 24.9 Å². The second-order valence-corrected chi connectivity index (χ2v) is 5.45. The number of carboxylic acid groups (broad SMARTS) is 1. The minimum atomic E-state index is -1.02. The highest BCUT2D eigenvalue weighted by Crippen LogP contribution is 2.36. The normalized spacial score (nSPS) is 11.9. The lowest BCUT2D eigenvalue weighted by Gasteiger charge is -2.15. The van der Waals surface area contributed by atoms with Crippen LogP contribution in [0.2, 0.25) is 5.02 Å². The number of rotatable bonds is 6. The molecular weight excluding hydrogens is 320 g/mol. The summed E-state index contributed by atoms with van der Waals surface area (Å²) < 4.78 is 5.30. The van der Waals surface area contributed by atoms with Crippen LogP contribution < -0.4 is 4.74 Å². The molecule has 0 heterocycles. The van der Waals surface area contributed by atoms with Crippen LogP contribution in [-0.4, -0.2) is 27.9 Å². The van der Waals surface area contributed by atoms with Crippen molar-refractivity contribution in [2.75, 3.05) is 6.61 Å². The second kappa shape index (κ2) is 7.24. The Labute approximate surface area is 138 Å². The van der Waals surface area contributed by atoms with Crippen LogP contribution in [0.5, 0.6) is 17.2 Å². The Bertz CT molecular complexity index is 714. The van der Waals surface area contributed by atoms with Gasteiger partial charge in [-0.1, -0.05) is 23.7 Å². The summed E-state index contributed by atoms with van der Waals surface area (Å²) in [7, 11) is 0. The molecule has 0 aliphatic heterocycles. The summed E-state index contributed by atoms with van der Waals surface area (Å²) in [5, 5.41) is 29.0. The van der Waals surface area contributed by atoms with Crippen LogP contribution in [0.25, 0.3) is 0 Å². The quantitative estimate of drug-likeness (QED) is 0.750. The molecule has 0 radical (unpaired) electrons. The highest BCUT2D eigenvalue weighted by molar-refractivity contribution is 6.32. The van der Waals surface area contributed by atoms with Crippen molar-refractivity contribution in [3.8, 4) is 17.2 Å². The summed E-state index contributed by atoms with van der Waals surface area (Å²) in [4.78, 5) is 11.6. The van der Waals surface area contributed by atoms with E-state index in [2.05, 4.69) is 0 Å². The molecule has 0 aliphatic carbocycles. The van der Waals surface area contributed by atoms with Gasteiger partial charge < -0.3 is 20.1 Å². The first-order valence-corrected chi connectivity index (χ1v) is 7.46. The van der Waals surface area contributed by atoms with E-state index < -0.39 is 11.9 Å². The van der Waals surface area contributed by atoms with Gasteiger partial charge in [0, 0.05) is 0 Å².